The summed E-state index contributed by atoms with van der Waals surface area (Å²) in [5, 5.41) is 0. The number of likely N-dealkylation sites (tertiary alicyclic amines) is 1. The molecule has 7 nitrogen and oxygen atoms in total. The lowest BCUT2D eigenvalue weighted by Gasteiger charge is -2.31. The molecule has 0 amide bonds. The molecule has 1 aliphatic heterocycles. The minimum absolute atomic E-state index is 0.265. The molecule has 1 aromatic heterocycles. The smallest absolute Gasteiger partial charge is 0.161 e. The number of methoxy groups -OCH3 is 2. The van der Waals surface area contributed by atoms with Crippen LogP contribution < -0.4 is 14.2 Å². The Morgan fingerprint density at radius 2 is 1.78 bits per heavy atom. The van der Waals surface area contributed by atoms with Gasteiger partial charge in [-0.25, -0.2) is 4.98 Å². The molecular formula is C29H39N3O4. The number of aryl methyl sites for hydroxylation is 2. The molecule has 1 atom stereocenters. The summed E-state index contributed by atoms with van der Waals surface area (Å²) in [5.41, 5.74) is 2.18. The average Bonchev–Trinajstić information content (AvgIpc) is 3.19. The van der Waals surface area contributed by atoms with Crippen LogP contribution >= 0.6 is 0 Å². The second-order valence-corrected chi connectivity index (χ2v) is 9.62. The molecule has 36 heavy (non-hydrogen) atoms. The van der Waals surface area contributed by atoms with Crippen LogP contribution in [0.3, 0.4) is 0 Å². The number of benzene rings is 2. The summed E-state index contributed by atoms with van der Waals surface area (Å²) >= 11 is 0. The van der Waals surface area contributed by atoms with Crippen molar-refractivity contribution in [3.63, 3.8) is 0 Å². The molecular weight excluding hydrogens is 454 g/mol. The molecule has 4 rings (SSSR count). The van der Waals surface area contributed by atoms with E-state index in [1.54, 1.807) is 7.11 Å². The van der Waals surface area contributed by atoms with Gasteiger partial charge in [-0.1, -0.05) is 23.8 Å². The first-order chi connectivity index (χ1) is 17.5. The third-order valence-electron chi connectivity index (χ3n) is 7.09. The first-order valence-corrected chi connectivity index (χ1v) is 12.7. The number of aromatic nitrogens is 2. The van der Waals surface area contributed by atoms with Crippen molar-refractivity contribution >= 4 is 0 Å². The van der Waals surface area contributed by atoms with Crippen LogP contribution in [0.1, 0.15) is 36.2 Å². The highest BCUT2D eigenvalue weighted by Gasteiger charge is 2.33. The Kier molecular flexibility index (Phi) is 8.88. The van der Waals surface area contributed by atoms with E-state index < -0.39 is 0 Å². The van der Waals surface area contributed by atoms with E-state index in [0.29, 0.717) is 13.2 Å². The van der Waals surface area contributed by atoms with Crippen molar-refractivity contribution in [2.24, 2.45) is 0 Å². The predicted molar refractivity (Wildman–Crippen MR) is 141 cm³/mol. The van der Waals surface area contributed by atoms with Crippen molar-refractivity contribution in [1.82, 2.24) is 14.5 Å². The van der Waals surface area contributed by atoms with Crippen LogP contribution in [0, 0.1) is 13.8 Å². The summed E-state index contributed by atoms with van der Waals surface area (Å²) in [6, 6.07) is 14.4. The average molecular weight is 494 g/mol. The van der Waals surface area contributed by atoms with Crippen LogP contribution in [-0.2, 0) is 17.8 Å². The van der Waals surface area contributed by atoms with Crippen molar-refractivity contribution < 1.29 is 18.9 Å². The highest BCUT2D eigenvalue weighted by atomic mass is 16.5. The van der Waals surface area contributed by atoms with Gasteiger partial charge in [-0.3, -0.25) is 4.90 Å². The lowest BCUT2D eigenvalue weighted by atomic mass is 9.95. The van der Waals surface area contributed by atoms with Crippen LogP contribution in [0.25, 0.3) is 0 Å². The Hall–Kier alpha value is -3.03. The maximum atomic E-state index is 6.14. The number of rotatable bonds is 11. The molecule has 194 valence electrons. The largest absolute Gasteiger partial charge is 0.493 e. The van der Waals surface area contributed by atoms with E-state index in [1.165, 1.54) is 11.1 Å². The van der Waals surface area contributed by atoms with Gasteiger partial charge in [0, 0.05) is 32.6 Å². The first kappa shape index (κ1) is 26.0. The van der Waals surface area contributed by atoms with Gasteiger partial charge in [0.25, 0.3) is 0 Å². The summed E-state index contributed by atoms with van der Waals surface area (Å²) in [6.45, 7) is 8.78. The van der Waals surface area contributed by atoms with Gasteiger partial charge in [-0.05, 0) is 69.5 Å². The quantitative estimate of drug-likeness (QED) is 0.373. The zero-order valence-electron chi connectivity index (χ0n) is 22.0. The Morgan fingerprint density at radius 1 is 0.944 bits per heavy atom. The molecule has 0 bridgehead atoms. The first-order valence-electron chi connectivity index (χ1n) is 12.7. The van der Waals surface area contributed by atoms with Crippen LogP contribution in [-0.4, -0.2) is 60.6 Å². The van der Waals surface area contributed by atoms with E-state index in [2.05, 4.69) is 45.6 Å². The lowest BCUT2D eigenvalue weighted by molar-refractivity contribution is -0.0541. The normalized spacial score (nSPS) is 18.6. The molecule has 0 N–H and O–H groups in total. The summed E-state index contributed by atoms with van der Waals surface area (Å²) in [4.78, 5) is 6.76. The van der Waals surface area contributed by atoms with Gasteiger partial charge in [0.05, 0.1) is 13.7 Å². The summed E-state index contributed by atoms with van der Waals surface area (Å²) in [6.07, 6.45) is 6.76. The number of hydrogen-bond donors (Lipinski definition) is 0. The highest BCUT2D eigenvalue weighted by molar-refractivity contribution is 5.43. The Bertz CT molecular complexity index is 1100. The van der Waals surface area contributed by atoms with Gasteiger partial charge in [0.1, 0.15) is 30.4 Å². The van der Waals surface area contributed by atoms with Crippen LogP contribution in [0.15, 0.2) is 54.9 Å². The zero-order chi connectivity index (χ0) is 25.4. The lowest BCUT2D eigenvalue weighted by Crippen LogP contribution is -2.39. The Balaban J connectivity index is 1.34. The van der Waals surface area contributed by atoms with E-state index in [-0.39, 0.29) is 5.60 Å². The van der Waals surface area contributed by atoms with Crippen molar-refractivity contribution in [2.75, 3.05) is 40.5 Å². The summed E-state index contributed by atoms with van der Waals surface area (Å²) < 4.78 is 25.9. The van der Waals surface area contributed by atoms with Gasteiger partial charge in [0.15, 0.2) is 11.5 Å². The monoisotopic (exact) mass is 493 g/mol. The molecule has 0 spiro atoms. The fraction of sp³-hybridized carbons (Fsp3) is 0.483. The molecule has 2 aromatic carbocycles. The molecule has 1 fully saturated rings. The highest BCUT2D eigenvalue weighted by Crippen LogP contribution is 2.31. The van der Waals surface area contributed by atoms with Gasteiger partial charge < -0.3 is 23.5 Å². The van der Waals surface area contributed by atoms with Gasteiger partial charge in [-0.2, -0.15) is 0 Å². The van der Waals surface area contributed by atoms with Crippen molar-refractivity contribution in [2.45, 2.75) is 51.8 Å². The number of hydrogen-bond acceptors (Lipinski definition) is 6. The Morgan fingerprint density at radius 3 is 2.50 bits per heavy atom. The molecule has 1 saturated heterocycles. The molecule has 7 heteroatoms. The van der Waals surface area contributed by atoms with Gasteiger partial charge in [0.2, 0.25) is 0 Å². The maximum absolute atomic E-state index is 6.14. The minimum Gasteiger partial charge on any atom is -0.493 e. The number of ether oxygens (including phenoxy) is 4. The molecule has 0 unspecified atom stereocenters. The topological polar surface area (TPSA) is 58.0 Å². The third kappa shape index (κ3) is 6.80. The minimum atomic E-state index is -0.265. The van der Waals surface area contributed by atoms with E-state index >= 15 is 0 Å². The van der Waals surface area contributed by atoms with Crippen molar-refractivity contribution in [3.05, 3.63) is 71.8 Å². The van der Waals surface area contributed by atoms with E-state index in [4.69, 9.17) is 18.9 Å². The van der Waals surface area contributed by atoms with Crippen LogP contribution in [0.2, 0.25) is 0 Å². The SMILES string of the molecule is COc1ccc(CN2CCC[C@](COc3ccc(C)cc3)(OC)CC2)cc1OCCn1ccnc1C. The fourth-order valence-electron chi connectivity index (χ4n) is 4.72. The number of imidazole rings is 1. The molecule has 0 radical (unpaired) electrons. The maximum Gasteiger partial charge on any atom is 0.161 e. The predicted octanol–water partition coefficient (Wildman–Crippen LogP) is 5.04. The summed E-state index contributed by atoms with van der Waals surface area (Å²) in [7, 11) is 3.49. The molecule has 0 aliphatic carbocycles. The van der Waals surface area contributed by atoms with Crippen LogP contribution in [0.5, 0.6) is 17.2 Å². The molecule has 3 aromatic rings. The Labute approximate surface area is 215 Å². The third-order valence-corrected chi connectivity index (χ3v) is 7.09. The fourth-order valence-corrected chi connectivity index (χ4v) is 4.72. The van der Waals surface area contributed by atoms with Gasteiger partial charge >= 0.3 is 0 Å². The standard InChI is InChI=1S/C29H39N3O4/c1-23-6-9-26(10-7-23)36-22-29(34-4)12-5-15-31(16-13-29)21-25-8-11-27(33-3)28(20-25)35-19-18-32-17-14-30-24(32)2/h6-11,14,17,20H,5,12-13,15-16,18-19,21-22H2,1-4H3/t29-/m0/s1. The summed E-state index contributed by atoms with van der Waals surface area (Å²) in [5.74, 6) is 3.41. The van der Waals surface area contributed by atoms with Crippen molar-refractivity contribution in [3.8, 4) is 17.2 Å². The van der Waals surface area contributed by atoms with E-state index in [9.17, 15) is 0 Å². The van der Waals surface area contributed by atoms with E-state index in [0.717, 1.165) is 68.5 Å². The van der Waals surface area contributed by atoms with Crippen molar-refractivity contribution in [1.29, 1.82) is 0 Å². The zero-order valence-corrected chi connectivity index (χ0v) is 22.0. The molecule has 0 saturated carbocycles. The molecule has 2 heterocycles. The number of nitrogens with zero attached hydrogens (tertiary/aromatic N) is 3. The molecule has 1 aliphatic rings. The van der Waals surface area contributed by atoms with E-state index in [1.807, 2.05) is 44.6 Å². The second kappa shape index (κ2) is 12.3. The van der Waals surface area contributed by atoms with Gasteiger partial charge in [-0.15, -0.1) is 0 Å². The van der Waals surface area contributed by atoms with Crippen LogP contribution in [0.4, 0.5) is 0 Å². The second-order valence-electron chi connectivity index (χ2n) is 9.62.